The number of fused-ring (bicyclic) bond motifs is 1. The van der Waals surface area contributed by atoms with Crippen molar-refractivity contribution < 1.29 is 13.9 Å². The molecule has 1 saturated carbocycles. The van der Waals surface area contributed by atoms with Gasteiger partial charge in [-0.25, -0.2) is 4.39 Å². The molecule has 1 aliphatic carbocycles. The molecule has 0 bridgehead atoms. The molecule has 0 aromatic heterocycles. The van der Waals surface area contributed by atoms with Crippen LogP contribution in [0.4, 0.5) is 4.39 Å². The van der Waals surface area contributed by atoms with Crippen molar-refractivity contribution in [2.75, 3.05) is 19.7 Å². The van der Waals surface area contributed by atoms with Gasteiger partial charge in [-0.2, -0.15) is 0 Å². The highest BCUT2D eigenvalue weighted by atomic mass is 19.1. The maximum absolute atomic E-state index is 14.3. The minimum atomic E-state index is -0.316. The van der Waals surface area contributed by atoms with Crippen molar-refractivity contribution in [3.63, 3.8) is 0 Å². The van der Waals surface area contributed by atoms with E-state index in [1.165, 1.54) is 18.9 Å². The standard InChI is InChI=1S/C23H25FN2O2/c24-21-8-4-3-6-19(21)18-5-1-2-7-20(18)23(27)25-16-11-17-14-28-22(15-9-10-15)13-26(17)12-16/h1-8,15-17,22H,9-14H2,(H,25,27)/t16-,17-,22-/m0/s1. The molecule has 146 valence electrons. The second-order valence-electron chi connectivity index (χ2n) is 8.25. The number of carbonyl (C=O) groups is 1. The number of rotatable bonds is 4. The summed E-state index contributed by atoms with van der Waals surface area (Å²) in [5.41, 5.74) is 1.60. The third-order valence-electron chi connectivity index (χ3n) is 6.26. The Bertz CT molecular complexity index is 882. The number of amides is 1. The Morgan fingerprint density at radius 1 is 1.04 bits per heavy atom. The van der Waals surface area contributed by atoms with E-state index in [9.17, 15) is 9.18 Å². The molecule has 1 N–H and O–H groups in total. The van der Waals surface area contributed by atoms with Crippen LogP contribution in [0.1, 0.15) is 29.6 Å². The van der Waals surface area contributed by atoms with Gasteiger partial charge in [0, 0.05) is 36.3 Å². The highest BCUT2D eigenvalue weighted by molar-refractivity contribution is 6.01. The van der Waals surface area contributed by atoms with E-state index in [4.69, 9.17) is 4.74 Å². The predicted molar refractivity (Wildman–Crippen MR) is 106 cm³/mol. The average molecular weight is 380 g/mol. The van der Waals surface area contributed by atoms with E-state index in [0.29, 0.717) is 28.8 Å². The molecule has 0 radical (unpaired) electrons. The van der Waals surface area contributed by atoms with Crippen LogP contribution in [0.2, 0.25) is 0 Å². The number of benzene rings is 2. The molecular weight excluding hydrogens is 355 g/mol. The lowest BCUT2D eigenvalue weighted by Crippen LogP contribution is -2.47. The molecule has 3 fully saturated rings. The van der Waals surface area contributed by atoms with Gasteiger partial charge in [-0.3, -0.25) is 9.69 Å². The summed E-state index contributed by atoms with van der Waals surface area (Å²) in [6, 6.07) is 14.3. The van der Waals surface area contributed by atoms with Gasteiger partial charge < -0.3 is 10.1 Å². The van der Waals surface area contributed by atoms with Crippen molar-refractivity contribution in [2.45, 2.75) is 37.5 Å². The van der Waals surface area contributed by atoms with Crippen LogP contribution < -0.4 is 5.32 Å². The van der Waals surface area contributed by atoms with Crippen LogP contribution in [0, 0.1) is 11.7 Å². The van der Waals surface area contributed by atoms with E-state index in [0.717, 1.165) is 32.0 Å². The van der Waals surface area contributed by atoms with Crippen molar-refractivity contribution in [2.24, 2.45) is 5.92 Å². The molecule has 0 spiro atoms. The molecule has 3 atom stereocenters. The third kappa shape index (κ3) is 3.45. The fourth-order valence-electron chi connectivity index (χ4n) is 4.62. The molecule has 2 heterocycles. The van der Waals surface area contributed by atoms with Crippen LogP contribution in [0.15, 0.2) is 48.5 Å². The van der Waals surface area contributed by atoms with Gasteiger partial charge >= 0.3 is 0 Å². The number of carbonyl (C=O) groups excluding carboxylic acids is 1. The zero-order chi connectivity index (χ0) is 19.1. The first-order valence-corrected chi connectivity index (χ1v) is 10.2. The molecular formula is C23H25FN2O2. The summed E-state index contributed by atoms with van der Waals surface area (Å²) in [4.78, 5) is 15.5. The Labute approximate surface area is 164 Å². The maximum Gasteiger partial charge on any atom is 0.252 e. The number of hydrogen-bond donors (Lipinski definition) is 1. The molecule has 0 unspecified atom stereocenters. The minimum Gasteiger partial charge on any atom is -0.375 e. The molecule has 3 aliphatic rings. The highest BCUT2D eigenvalue weighted by Gasteiger charge is 2.42. The fourth-order valence-corrected chi connectivity index (χ4v) is 4.62. The van der Waals surface area contributed by atoms with Gasteiger partial charge in [-0.15, -0.1) is 0 Å². The van der Waals surface area contributed by atoms with Crippen molar-refractivity contribution in [3.05, 3.63) is 59.9 Å². The van der Waals surface area contributed by atoms with E-state index in [-0.39, 0.29) is 17.8 Å². The molecule has 2 aromatic rings. The SMILES string of the molecule is O=C(N[C@H]1C[C@H]2CO[C@H](C3CC3)CN2C1)c1ccccc1-c1ccccc1F. The molecule has 2 aliphatic heterocycles. The lowest BCUT2D eigenvalue weighted by molar-refractivity contribution is -0.0581. The summed E-state index contributed by atoms with van der Waals surface area (Å²) < 4.78 is 20.3. The number of morpholine rings is 1. The van der Waals surface area contributed by atoms with Crippen molar-refractivity contribution >= 4 is 5.91 Å². The number of nitrogens with zero attached hydrogens (tertiary/aromatic N) is 1. The van der Waals surface area contributed by atoms with E-state index in [2.05, 4.69) is 10.2 Å². The number of nitrogens with one attached hydrogen (secondary N) is 1. The topological polar surface area (TPSA) is 41.6 Å². The van der Waals surface area contributed by atoms with Gasteiger partial charge in [0.1, 0.15) is 5.82 Å². The first kappa shape index (κ1) is 17.8. The van der Waals surface area contributed by atoms with Crippen molar-refractivity contribution in [1.29, 1.82) is 0 Å². The van der Waals surface area contributed by atoms with Crippen LogP contribution in [-0.2, 0) is 4.74 Å². The van der Waals surface area contributed by atoms with E-state index in [1.807, 2.05) is 12.1 Å². The fraction of sp³-hybridized carbons (Fsp3) is 0.435. The van der Waals surface area contributed by atoms with Gasteiger partial charge in [0.15, 0.2) is 0 Å². The van der Waals surface area contributed by atoms with E-state index >= 15 is 0 Å². The summed E-state index contributed by atoms with van der Waals surface area (Å²) in [7, 11) is 0. The Balaban J connectivity index is 1.30. The Hall–Kier alpha value is -2.24. The normalized spacial score (nSPS) is 27.4. The highest BCUT2D eigenvalue weighted by Crippen LogP contribution is 2.38. The zero-order valence-electron chi connectivity index (χ0n) is 15.8. The van der Waals surface area contributed by atoms with Gasteiger partial charge in [0.25, 0.3) is 5.91 Å². The van der Waals surface area contributed by atoms with Crippen molar-refractivity contribution in [3.8, 4) is 11.1 Å². The van der Waals surface area contributed by atoms with Crippen LogP contribution in [-0.4, -0.2) is 48.7 Å². The first-order valence-electron chi connectivity index (χ1n) is 10.2. The monoisotopic (exact) mass is 380 g/mol. The Morgan fingerprint density at radius 2 is 1.79 bits per heavy atom. The number of halogens is 1. The Morgan fingerprint density at radius 3 is 2.57 bits per heavy atom. The average Bonchev–Trinajstić information content (AvgIpc) is 3.48. The maximum atomic E-state index is 14.3. The summed E-state index contributed by atoms with van der Waals surface area (Å²) in [5, 5.41) is 3.18. The van der Waals surface area contributed by atoms with Crippen LogP contribution >= 0.6 is 0 Å². The van der Waals surface area contributed by atoms with Gasteiger partial charge in [-0.05, 0) is 42.9 Å². The molecule has 1 amide bonds. The van der Waals surface area contributed by atoms with E-state index < -0.39 is 0 Å². The summed E-state index contributed by atoms with van der Waals surface area (Å²) in [6.07, 6.45) is 3.85. The molecule has 4 nitrogen and oxygen atoms in total. The van der Waals surface area contributed by atoms with Gasteiger partial charge in [-0.1, -0.05) is 36.4 Å². The lowest BCUT2D eigenvalue weighted by atomic mass is 9.98. The van der Waals surface area contributed by atoms with Crippen LogP contribution in [0.5, 0.6) is 0 Å². The second kappa shape index (κ2) is 7.30. The quantitative estimate of drug-likeness (QED) is 0.883. The Kier molecular flexibility index (Phi) is 4.65. The molecule has 5 rings (SSSR count). The third-order valence-corrected chi connectivity index (χ3v) is 6.26. The molecule has 2 aromatic carbocycles. The van der Waals surface area contributed by atoms with Crippen LogP contribution in [0.3, 0.4) is 0 Å². The second-order valence-corrected chi connectivity index (χ2v) is 8.25. The molecule has 28 heavy (non-hydrogen) atoms. The van der Waals surface area contributed by atoms with E-state index in [1.54, 1.807) is 30.3 Å². The van der Waals surface area contributed by atoms with Crippen LogP contribution in [0.25, 0.3) is 11.1 Å². The first-order chi connectivity index (χ1) is 13.7. The smallest absolute Gasteiger partial charge is 0.252 e. The minimum absolute atomic E-state index is 0.104. The number of ether oxygens (including phenoxy) is 1. The van der Waals surface area contributed by atoms with Gasteiger partial charge in [0.05, 0.1) is 12.7 Å². The van der Waals surface area contributed by atoms with Gasteiger partial charge in [0.2, 0.25) is 0 Å². The molecule has 2 saturated heterocycles. The predicted octanol–water partition coefficient (Wildman–Crippen LogP) is 3.47. The largest absolute Gasteiger partial charge is 0.375 e. The summed E-state index contributed by atoms with van der Waals surface area (Å²) >= 11 is 0. The summed E-state index contributed by atoms with van der Waals surface area (Å²) in [5.74, 6) is 0.287. The zero-order valence-corrected chi connectivity index (χ0v) is 15.8. The number of hydrogen-bond acceptors (Lipinski definition) is 3. The molecule has 5 heteroatoms. The van der Waals surface area contributed by atoms with Crippen molar-refractivity contribution in [1.82, 2.24) is 10.2 Å². The summed E-state index contributed by atoms with van der Waals surface area (Å²) in [6.45, 7) is 2.61. The lowest BCUT2D eigenvalue weighted by Gasteiger charge is -2.35.